The molecule has 2 N–H and O–H groups in total. The number of hydrogen-bond donors (Lipinski definition) is 2. The Morgan fingerprint density at radius 3 is 2.87 bits per heavy atom. The predicted octanol–water partition coefficient (Wildman–Crippen LogP) is 3.60. The second-order valence-electron chi connectivity index (χ2n) is 5.36. The van der Waals surface area contributed by atoms with Crippen LogP contribution < -0.4 is 10.6 Å². The number of thiophene rings is 1. The first-order valence-corrected chi connectivity index (χ1v) is 8.23. The van der Waals surface area contributed by atoms with Crippen LogP contribution in [0.25, 0.3) is 11.3 Å². The van der Waals surface area contributed by atoms with Gasteiger partial charge in [-0.15, -0.1) is 11.3 Å². The van der Waals surface area contributed by atoms with E-state index >= 15 is 0 Å². The van der Waals surface area contributed by atoms with Gasteiger partial charge < -0.3 is 15.2 Å². The molecule has 1 aromatic carbocycles. The zero-order chi connectivity index (χ0) is 15.8. The van der Waals surface area contributed by atoms with Gasteiger partial charge in [-0.1, -0.05) is 23.4 Å². The van der Waals surface area contributed by atoms with Gasteiger partial charge in [0.25, 0.3) is 5.91 Å². The Balaban J connectivity index is 1.86. The molecule has 0 aliphatic heterocycles. The predicted molar refractivity (Wildman–Crippen MR) is 90.3 cm³/mol. The van der Waals surface area contributed by atoms with E-state index in [0.717, 1.165) is 50.9 Å². The molecular formula is C17H15N3O2S. The largest absolute Gasteiger partial charge is 0.356 e. The Bertz CT molecular complexity index is 867. The van der Waals surface area contributed by atoms with Gasteiger partial charge in [-0.3, -0.25) is 4.79 Å². The minimum atomic E-state index is -0.0599. The average Bonchev–Trinajstić information content (AvgIpc) is 3.19. The van der Waals surface area contributed by atoms with E-state index in [-0.39, 0.29) is 5.91 Å². The lowest BCUT2D eigenvalue weighted by molar-refractivity contribution is 0.0966. The number of benzene rings is 1. The highest BCUT2D eigenvalue weighted by Crippen LogP contribution is 2.46. The van der Waals surface area contributed by atoms with Crippen LogP contribution in [0.5, 0.6) is 0 Å². The Hall–Kier alpha value is -2.60. The number of carbonyl (C=O) groups excluding carboxylic acids is 1. The molecule has 0 spiro atoms. The molecule has 0 radical (unpaired) electrons. The molecule has 1 aliphatic carbocycles. The summed E-state index contributed by atoms with van der Waals surface area (Å²) in [6.07, 6.45) is 3.43. The summed E-state index contributed by atoms with van der Waals surface area (Å²) in [7, 11) is 1.65. The molecule has 5 nitrogen and oxygen atoms in total. The summed E-state index contributed by atoms with van der Waals surface area (Å²) >= 11 is 1.46. The van der Waals surface area contributed by atoms with Gasteiger partial charge in [-0.25, -0.2) is 0 Å². The van der Waals surface area contributed by atoms with Gasteiger partial charge in [-0.2, -0.15) is 0 Å². The van der Waals surface area contributed by atoms with E-state index < -0.39 is 0 Å². The molecule has 0 bridgehead atoms. The van der Waals surface area contributed by atoms with E-state index in [1.165, 1.54) is 11.3 Å². The Morgan fingerprint density at radius 1 is 1.26 bits per heavy atom. The van der Waals surface area contributed by atoms with Gasteiger partial charge in [0.15, 0.2) is 5.76 Å². The minimum Gasteiger partial charge on any atom is -0.356 e. The smallest absolute Gasteiger partial charge is 0.261 e. The number of hydrogen-bond acceptors (Lipinski definition) is 5. The van der Waals surface area contributed by atoms with Gasteiger partial charge in [-0.05, 0) is 30.5 Å². The number of aromatic nitrogens is 1. The first kappa shape index (κ1) is 14.0. The maximum atomic E-state index is 12.2. The minimum absolute atomic E-state index is 0.0599. The van der Waals surface area contributed by atoms with Crippen molar-refractivity contribution >= 4 is 27.9 Å². The van der Waals surface area contributed by atoms with Crippen LogP contribution in [-0.4, -0.2) is 18.1 Å². The summed E-state index contributed by atoms with van der Waals surface area (Å²) in [5, 5.41) is 11.0. The molecular weight excluding hydrogens is 310 g/mol. The number of nitrogens with zero attached hydrogens (tertiary/aromatic N) is 1. The van der Waals surface area contributed by atoms with Gasteiger partial charge in [0, 0.05) is 18.3 Å². The van der Waals surface area contributed by atoms with Crippen molar-refractivity contribution in [1.82, 2.24) is 10.5 Å². The first-order valence-electron chi connectivity index (χ1n) is 7.41. The third kappa shape index (κ3) is 2.31. The van der Waals surface area contributed by atoms with Crippen molar-refractivity contribution in [3.8, 4) is 11.3 Å². The van der Waals surface area contributed by atoms with Crippen molar-refractivity contribution in [2.45, 2.75) is 12.8 Å². The SMILES string of the molecule is CNC(=O)c1sc(Nc2ccccc2)c2c1CCc1cnoc1-2. The summed E-state index contributed by atoms with van der Waals surface area (Å²) in [5.41, 5.74) is 4.08. The molecule has 4 rings (SSSR count). The molecule has 1 amide bonds. The zero-order valence-electron chi connectivity index (χ0n) is 12.6. The normalized spacial score (nSPS) is 12.4. The van der Waals surface area contributed by atoms with Crippen LogP contribution in [0.15, 0.2) is 41.1 Å². The lowest BCUT2D eigenvalue weighted by Crippen LogP contribution is -2.18. The van der Waals surface area contributed by atoms with E-state index in [0.29, 0.717) is 0 Å². The maximum absolute atomic E-state index is 12.2. The van der Waals surface area contributed by atoms with Crippen LogP contribution in [0, 0.1) is 0 Å². The topological polar surface area (TPSA) is 67.2 Å². The molecule has 6 heteroatoms. The number of anilines is 2. The van der Waals surface area contributed by atoms with Crippen molar-refractivity contribution in [2.24, 2.45) is 0 Å². The highest BCUT2D eigenvalue weighted by atomic mass is 32.1. The molecule has 0 saturated carbocycles. The van der Waals surface area contributed by atoms with Crippen LogP contribution >= 0.6 is 11.3 Å². The van der Waals surface area contributed by atoms with Gasteiger partial charge in [0.1, 0.15) is 5.00 Å². The number of carbonyl (C=O) groups is 1. The molecule has 0 fully saturated rings. The zero-order valence-corrected chi connectivity index (χ0v) is 13.4. The number of fused-ring (bicyclic) bond motifs is 3. The van der Waals surface area contributed by atoms with Crippen molar-refractivity contribution in [3.05, 3.63) is 52.5 Å². The number of nitrogens with one attached hydrogen (secondary N) is 2. The first-order chi connectivity index (χ1) is 11.3. The van der Waals surface area contributed by atoms with Gasteiger partial charge in [0.05, 0.1) is 16.6 Å². The molecule has 2 heterocycles. The number of aryl methyl sites for hydroxylation is 1. The summed E-state index contributed by atoms with van der Waals surface area (Å²) < 4.78 is 5.47. The summed E-state index contributed by atoms with van der Waals surface area (Å²) in [4.78, 5) is 13.0. The van der Waals surface area contributed by atoms with Crippen LogP contribution in [-0.2, 0) is 12.8 Å². The van der Waals surface area contributed by atoms with Crippen LogP contribution in [0.2, 0.25) is 0 Å². The standard InChI is InChI=1S/C17H15N3O2S/c1-18-16(21)15-12-8-7-10-9-19-22-14(10)13(12)17(23-15)20-11-5-3-2-4-6-11/h2-6,9,20H,7-8H2,1H3,(H,18,21). The summed E-state index contributed by atoms with van der Waals surface area (Å²) in [6.45, 7) is 0. The molecule has 0 atom stereocenters. The second kappa shape index (κ2) is 5.55. The highest BCUT2D eigenvalue weighted by Gasteiger charge is 2.30. The third-order valence-corrected chi connectivity index (χ3v) is 5.13. The molecule has 1 aliphatic rings. The lowest BCUT2D eigenvalue weighted by Gasteiger charge is -2.13. The fourth-order valence-corrected chi connectivity index (χ4v) is 4.10. The molecule has 116 valence electrons. The highest BCUT2D eigenvalue weighted by molar-refractivity contribution is 7.19. The molecule has 2 aromatic heterocycles. The second-order valence-corrected chi connectivity index (χ2v) is 6.38. The fraction of sp³-hybridized carbons (Fsp3) is 0.176. The molecule has 0 saturated heterocycles. The van der Waals surface area contributed by atoms with E-state index in [1.54, 1.807) is 13.2 Å². The fourth-order valence-electron chi connectivity index (χ4n) is 2.89. The van der Waals surface area contributed by atoms with E-state index in [2.05, 4.69) is 15.8 Å². The van der Waals surface area contributed by atoms with E-state index in [1.807, 2.05) is 30.3 Å². The summed E-state index contributed by atoms with van der Waals surface area (Å²) in [5.74, 6) is 0.714. The van der Waals surface area contributed by atoms with E-state index in [9.17, 15) is 4.79 Å². The average molecular weight is 325 g/mol. The Kier molecular flexibility index (Phi) is 3.38. The van der Waals surface area contributed by atoms with Crippen molar-refractivity contribution < 1.29 is 9.32 Å². The van der Waals surface area contributed by atoms with Crippen LogP contribution in [0.1, 0.15) is 20.8 Å². The lowest BCUT2D eigenvalue weighted by atomic mass is 9.92. The number of amides is 1. The van der Waals surface area contributed by atoms with Crippen molar-refractivity contribution in [1.29, 1.82) is 0 Å². The molecule has 3 aromatic rings. The quantitative estimate of drug-likeness (QED) is 0.772. The summed E-state index contributed by atoms with van der Waals surface area (Å²) in [6, 6.07) is 9.91. The number of rotatable bonds is 3. The van der Waals surface area contributed by atoms with Crippen molar-refractivity contribution in [3.63, 3.8) is 0 Å². The Labute approximate surface area is 137 Å². The van der Waals surface area contributed by atoms with Gasteiger partial charge in [0.2, 0.25) is 0 Å². The van der Waals surface area contributed by atoms with Crippen LogP contribution in [0.3, 0.4) is 0 Å². The van der Waals surface area contributed by atoms with E-state index in [4.69, 9.17) is 4.52 Å². The Morgan fingerprint density at radius 2 is 2.09 bits per heavy atom. The molecule has 23 heavy (non-hydrogen) atoms. The third-order valence-electron chi connectivity index (χ3n) is 3.99. The monoisotopic (exact) mass is 325 g/mol. The van der Waals surface area contributed by atoms with Crippen molar-refractivity contribution in [2.75, 3.05) is 12.4 Å². The van der Waals surface area contributed by atoms with Crippen LogP contribution in [0.4, 0.5) is 10.7 Å². The molecule has 0 unspecified atom stereocenters. The number of para-hydroxylation sites is 1. The van der Waals surface area contributed by atoms with Gasteiger partial charge >= 0.3 is 0 Å². The maximum Gasteiger partial charge on any atom is 0.261 e.